The molecule has 4 rings (SSSR count). The Hall–Kier alpha value is -3.74. The fraction of sp³-hybridized carbons (Fsp3) is 0.280. The van der Waals surface area contributed by atoms with Crippen molar-refractivity contribution in [2.24, 2.45) is 5.73 Å². The smallest absolute Gasteiger partial charge is 0.255 e. The zero-order valence-electron chi connectivity index (χ0n) is 18.3. The Bertz CT molecular complexity index is 1100. The lowest BCUT2D eigenvalue weighted by molar-refractivity contribution is -0.114. The van der Waals surface area contributed by atoms with Crippen molar-refractivity contribution in [3.05, 3.63) is 71.3 Å². The van der Waals surface area contributed by atoms with Crippen molar-refractivity contribution in [3.8, 4) is 0 Å². The van der Waals surface area contributed by atoms with Crippen LogP contribution >= 0.6 is 0 Å². The summed E-state index contributed by atoms with van der Waals surface area (Å²) in [5.41, 5.74) is 16.3. The minimum Gasteiger partial charge on any atom is -0.399 e. The number of anilines is 3. The molecule has 0 radical (unpaired) electrons. The third kappa shape index (κ3) is 4.61. The van der Waals surface area contributed by atoms with E-state index in [0.717, 1.165) is 30.0 Å². The quantitative estimate of drug-likeness (QED) is 0.631. The molecule has 0 aromatic heterocycles. The van der Waals surface area contributed by atoms with Gasteiger partial charge < -0.3 is 26.6 Å². The van der Waals surface area contributed by atoms with Crippen molar-refractivity contribution in [1.82, 2.24) is 4.90 Å². The van der Waals surface area contributed by atoms with E-state index >= 15 is 0 Å². The Morgan fingerprint density at radius 2 is 1.81 bits per heavy atom. The van der Waals surface area contributed by atoms with Crippen LogP contribution in [-0.2, 0) is 4.79 Å². The van der Waals surface area contributed by atoms with Crippen LogP contribution in [-0.4, -0.2) is 43.4 Å². The summed E-state index contributed by atoms with van der Waals surface area (Å²) in [6, 6.07) is 12.9. The highest BCUT2D eigenvalue weighted by Crippen LogP contribution is 2.34. The van der Waals surface area contributed by atoms with Crippen LogP contribution in [0.4, 0.5) is 17.1 Å². The van der Waals surface area contributed by atoms with Crippen molar-refractivity contribution in [3.63, 3.8) is 0 Å². The molecule has 1 saturated heterocycles. The maximum atomic E-state index is 12.9. The maximum absolute atomic E-state index is 12.9. The first-order valence-corrected chi connectivity index (χ1v) is 10.9. The normalized spacial score (nSPS) is 16.3. The summed E-state index contributed by atoms with van der Waals surface area (Å²) in [7, 11) is 1.96. The highest BCUT2D eigenvalue weighted by atomic mass is 16.2. The number of nitrogens with zero attached hydrogens (tertiary/aromatic N) is 2. The van der Waals surface area contributed by atoms with Crippen LogP contribution < -0.4 is 21.7 Å². The third-order valence-electron chi connectivity index (χ3n) is 5.97. The molecule has 2 amide bonds. The lowest BCUT2D eigenvalue weighted by Crippen LogP contribution is -2.30. The van der Waals surface area contributed by atoms with E-state index in [1.807, 2.05) is 30.2 Å². The summed E-state index contributed by atoms with van der Waals surface area (Å²) in [5.74, 6) is -0.706. The fourth-order valence-electron chi connectivity index (χ4n) is 4.18. The summed E-state index contributed by atoms with van der Waals surface area (Å²) < 4.78 is 0. The van der Waals surface area contributed by atoms with Gasteiger partial charge in [-0.2, -0.15) is 0 Å². The van der Waals surface area contributed by atoms with Gasteiger partial charge in [0.25, 0.3) is 5.91 Å². The molecular formula is C25H29N5O2. The summed E-state index contributed by atoms with van der Waals surface area (Å²) in [6.07, 6.45) is 7.18. The van der Waals surface area contributed by atoms with E-state index in [0.29, 0.717) is 29.1 Å². The molecule has 7 nitrogen and oxygen atoms in total. The van der Waals surface area contributed by atoms with Crippen molar-refractivity contribution < 1.29 is 9.59 Å². The van der Waals surface area contributed by atoms with Crippen LogP contribution in [0.1, 0.15) is 35.2 Å². The van der Waals surface area contributed by atoms with Gasteiger partial charge in [0.05, 0.1) is 5.69 Å². The van der Waals surface area contributed by atoms with Crippen LogP contribution in [0.3, 0.4) is 0 Å². The molecule has 2 aliphatic rings. The SMILES string of the molecule is CN1CC=C(C(N)=O)C=C1c1cc(N2CCCCC2)ccc1NC(=O)c1cccc(N)c1. The number of amides is 2. The minimum atomic E-state index is -0.465. The fourth-order valence-corrected chi connectivity index (χ4v) is 4.18. The second-order valence-electron chi connectivity index (χ2n) is 8.29. The highest BCUT2D eigenvalue weighted by molar-refractivity contribution is 6.06. The van der Waals surface area contributed by atoms with Crippen LogP contribution in [0.15, 0.2) is 60.2 Å². The van der Waals surface area contributed by atoms with Gasteiger partial charge in [0, 0.05) is 60.5 Å². The number of primary amides is 1. The molecule has 2 aliphatic heterocycles. The Morgan fingerprint density at radius 3 is 2.53 bits per heavy atom. The van der Waals surface area contributed by atoms with E-state index in [9.17, 15) is 9.59 Å². The molecule has 0 bridgehead atoms. The number of benzene rings is 2. The zero-order chi connectivity index (χ0) is 22.7. The summed E-state index contributed by atoms with van der Waals surface area (Å²) in [5, 5.41) is 3.03. The molecule has 32 heavy (non-hydrogen) atoms. The largest absolute Gasteiger partial charge is 0.399 e. The first kappa shape index (κ1) is 21.5. The standard InChI is InChI=1S/C25H29N5O2/c1-29-13-10-17(24(27)31)15-23(29)21-16-20(30-11-3-2-4-12-30)8-9-22(21)28-25(32)18-6-5-7-19(26)14-18/h5-10,14-16H,2-4,11-13,26H2,1H3,(H2,27,31)(H,28,32). The van der Waals surface area contributed by atoms with Crippen LogP contribution in [0.25, 0.3) is 5.70 Å². The Labute approximate surface area is 188 Å². The van der Waals surface area contributed by atoms with Crippen LogP contribution in [0.5, 0.6) is 0 Å². The van der Waals surface area contributed by atoms with Gasteiger partial charge in [-0.1, -0.05) is 12.1 Å². The number of hydrogen-bond donors (Lipinski definition) is 3. The number of nitrogens with two attached hydrogens (primary N) is 2. The van der Waals surface area contributed by atoms with Gasteiger partial charge in [-0.3, -0.25) is 9.59 Å². The molecule has 2 aromatic rings. The van der Waals surface area contributed by atoms with Crippen molar-refractivity contribution in [2.45, 2.75) is 19.3 Å². The molecule has 5 N–H and O–H groups in total. The molecule has 166 valence electrons. The van der Waals surface area contributed by atoms with Gasteiger partial charge in [-0.05, 0) is 61.7 Å². The molecule has 7 heteroatoms. The van der Waals surface area contributed by atoms with E-state index < -0.39 is 5.91 Å². The Morgan fingerprint density at radius 1 is 1.03 bits per heavy atom. The molecule has 0 saturated carbocycles. The first-order valence-electron chi connectivity index (χ1n) is 10.9. The summed E-state index contributed by atoms with van der Waals surface area (Å²) in [6.45, 7) is 2.58. The second kappa shape index (κ2) is 9.18. The topological polar surface area (TPSA) is 105 Å². The first-order chi connectivity index (χ1) is 15.4. The molecule has 0 unspecified atom stereocenters. The monoisotopic (exact) mass is 431 g/mol. The Balaban J connectivity index is 1.74. The summed E-state index contributed by atoms with van der Waals surface area (Å²) in [4.78, 5) is 29.2. The van der Waals surface area contributed by atoms with E-state index in [1.165, 1.54) is 19.3 Å². The lowest BCUT2D eigenvalue weighted by atomic mass is 10.0. The average molecular weight is 432 g/mol. The molecule has 2 heterocycles. The van der Waals surface area contributed by atoms with Crippen LogP contribution in [0.2, 0.25) is 0 Å². The average Bonchev–Trinajstić information content (AvgIpc) is 2.80. The predicted octanol–water partition coefficient (Wildman–Crippen LogP) is 3.21. The number of likely N-dealkylation sites (N-methyl/N-ethyl adjacent to an activating group) is 1. The predicted molar refractivity (Wildman–Crippen MR) is 129 cm³/mol. The molecule has 1 fully saturated rings. The second-order valence-corrected chi connectivity index (χ2v) is 8.29. The number of nitrogen functional groups attached to an aromatic ring is 1. The highest BCUT2D eigenvalue weighted by Gasteiger charge is 2.21. The zero-order valence-corrected chi connectivity index (χ0v) is 18.3. The summed E-state index contributed by atoms with van der Waals surface area (Å²) >= 11 is 0. The van der Waals surface area contributed by atoms with Gasteiger partial charge in [-0.25, -0.2) is 0 Å². The molecule has 0 aliphatic carbocycles. The van der Waals surface area contributed by atoms with Crippen molar-refractivity contribution in [2.75, 3.05) is 42.6 Å². The van der Waals surface area contributed by atoms with E-state index in [4.69, 9.17) is 11.5 Å². The number of carbonyl (C=O) groups is 2. The minimum absolute atomic E-state index is 0.242. The molecule has 0 atom stereocenters. The van der Waals surface area contributed by atoms with Gasteiger partial charge >= 0.3 is 0 Å². The molecule has 0 spiro atoms. The number of nitrogens with one attached hydrogen (secondary N) is 1. The van der Waals surface area contributed by atoms with Gasteiger partial charge in [0.2, 0.25) is 5.91 Å². The molecule has 2 aromatic carbocycles. The molecular weight excluding hydrogens is 402 g/mol. The lowest BCUT2D eigenvalue weighted by Gasteiger charge is -2.31. The van der Waals surface area contributed by atoms with Gasteiger partial charge in [0.15, 0.2) is 0 Å². The van der Waals surface area contributed by atoms with Gasteiger partial charge in [-0.15, -0.1) is 0 Å². The third-order valence-corrected chi connectivity index (χ3v) is 5.97. The number of hydrogen-bond acceptors (Lipinski definition) is 5. The number of carbonyl (C=O) groups excluding carboxylic acids is 2. The number of rotatable bonds is 5. The van der Waals surface area contributed by atoms with Crippen LogP contribution in [0, 0.1) is 0 Å². The van der Waals surface area contributed by atoms with E-state index in [2.05, 4.69) is 16.3 Å². The van der Waals surface area contributed by atoms with Crippen molar-refractivity contribution in [1.29, 1.82) is 0 Å². The number of piperidine rings is 1. The van der Waals surface area contributed by atoms with Gasteiger partial charge in [0.1, 0.15) is 0 Å². The van der Waals surface area contributed by atoms with E-state index in [1.54, 1.807) is 30.3 Å². The maximum Gasteiger partial charge on any atom is 0.255 e. The van der Waals surface area contributed by atoms with E-state index in [-0.39, 0.29) is 5.91 Å². The van der Waals surface area contributed by atoms with Crippen molar-refractivity contribution >= 4 is 34.6 Å². The Kier molecular flexibility index (Phi) is 6.16.